The second-order valence-electron chi connectivity index (χ2n) is 9.40. The lowest BCUT2D eigenvalue weighted by Crippen LogP contribution is -2.48. The average molecular weight is 485 g/mol. The molecule has 0 bridgehead atoms. The van der Waals surface area contributed by atoms with Crippen molar-refractivity contribution >= 4 is 23.7 Å². The molecule has 3 nitrogen and oxygen atoms in total. The molecule has 2 heterocycles. The van der Waals surface area contributed by atoms with E-state index in [4.69, 9.17) is 0 Å². The summed E-state index contributed by atoms with van der Waals surface area (Å²) < 4.78 is 45.6. The van der Waals surface area contributed by atoms with Crippen LogP contribution in [0.25, 0.3) is 16.5 Å². The highest BCUT2D eigenvalue weighted by molar-refractivity contribution is 7.15. The van der Waals surface area contributed by atoms with Crippen molar-refractivity contribution in [1.29, 1.82) is 0 Å². The van der Waals surface area contributed by atoms with Gasteiger partial charge in [0.05, 0.1) is 15.9 Å². The highest BCUT2D eigenvalue weighted by Crippen LogP contribution is 2.42. The van der Waals surface area contributed by atoms with Gasteiger partial charge in [-0.2, -0.15) is 0 Å². The number of carbonyl (C=O) groups is 1. The van der Waals surface area contributed by atoms with Crippen molar-refractivity contribution in [2.45, 2.75) is 51.9 Å². The monoisotopic (exact) mass is 484 g/mol. The third kappa shape index (κ3) is 5.00. The Morgan fingerprint density at radius 2 is 1.91 bits per heavy atom. The second-order valence-corrected chi connectivity index (χ2v) is 10.6. The Morgan fingerprint density at radius 3 is 2.50 bits per heavy atom. The average Bonchev–Trinajstić information content (AvgIpc) is 3.19. The molecule has 1 aromatic heterocycles. The molecule has 178 valence electrons. The maximum atomic E-state index is 15.4. The Labute approximate surface area is 202 Å². The molecule has 0 amide bonds. The van der Waals surface area contributed by atoms with Gasteiger partial charge in [0, 0.05) is 24.3 Å². The number of alkyl halides is 1. The minimum atomic E-state index is -1.55. The summed E-state index contributed by atoms with van der Waals surface area (Å²) in [6.45, 7) is 6.88. The zero-order valence-electron chi connectivity index (χ0n) is 19.6. The van der Waals surface area contributed by atoms with Gasteiger partial charge in [-0.15, -0.1) is 11.3 Å². The largest absolute Gasteiger partial charge is 0.299 e. The van der Waals surface area contributed by atoms with Crippen molar-refractivity contribution < 1.29 is 18.0 Å². The van der Waals surface area contributed by atoms with Crippen LogP contribution in [0.3, 0.4) is 0 Å². The standard InChI is InChI=1S/C27H27F3N2OS/c1-16-10-20-13-19(24-14-31-17(2)34-24)7-8-21(20)26(32(16)15-27(3,4)30)25-22(28)11-18(6-5-9-33)12-23(25)29/h5-9,11-14,16,26H,10,15H2,1-4H3/b6-5+. The van der Waals surface area contributed by atoms with E-state index >= 15 is 8.78 Å². The highest BCUT2D eigenvalue weighted by Gasteiger charge is 2.39. The fraction of sp³-hybridized carbons (Fsp3) is 0.333. The molecule has 1 aliphatic rings. The minimum Gasteiger partial charge on any atom is -0.299 e. The number of aromatic nitrogens is 1. The summed E-state index contributed by atoms with van der Waals surface area (Å²) in [5, 5.41) is 0.961. The first-order valence-corrected chi connectivity index (χ1v) is 12.0. The molecule has 0 spiro atoms. The molecule has 34 heavy (non-hydrogen) atoms. The van der Waals surface area contributed by atoms with Crippen LogP contribution >= 0.6 is 11.3 Å². The number of allylic oxidation sites excluding steroid dienone is 1. The Balaban J connectivity index is 1.87. The number of aryl methyl sites for hydroxylation is 1. The molecule has 0 saturated carbocycles. The number of halogens is 3. The molecule has 2 atom stereocenters. The lowest BCUT2D eigenvalue weighted by molar-refractivity contribution is -0.104. The maximum absolute atomic E-state index is 15.4. The molecule has 7 heteroatoms. The number of benzene rings is 2. The quantitative estimate of drug-likeness (QED) is 0.289. The van der Waals surface area contributed by atoms with E-state index in [1.165, 1.54) is 38.1 Å². The van der Waals surface area contributed by atoms with Gasteiger partial charge < -0.3 is 0 Å². The van der Waals surface area contributed by atoms with E-state index in [0.717, 1.165) is 26.6 Å². The van der Waals surface area contributed by atoms with Crippen molar-refractivity contribution in [2.75, 3.05) is 6.54 Å². The van der Waals surface area contributed by atoms with Gasteiger partial charge in [-0.3, -0.25) is 9.69 Å². The van der Waals surface area contributed by atoms with E-state index in [-0.39, 0.29) is 23.7 Å². The smallest absolute Gasteiger partial charge is 0.142 e. The number of nitrogens with zero attached hydrogens (tertiary/aromatic N) is 2. The van der Waals surface area contributed by atoms with E-state index in [1.54, 1.807) is 11.3 Å². The Kier molecular flexibility index (Phi) is 6.78. The van der Waals surface area contributed by atoms with Crippen molar-refractivity contribution in [3.63, 3.8) is 0 Å². The van der Waals surface area contributed by atoms with Crippen LogP contribution in [-0.4, -0.2) is 34.4 Å². The molecule has 0 N–H and O–H groups in total. The van der Waals surface area contributed by atoms with E-state index in [0.29, 0.717) is 12.7 Å². The second kappa shape index (κ2) is 9.47. The summed E-state index contributed by atoms with van der Waals surface area (Å²) in [6, 6.07) is 7.39. The van der Waals surface area contributed by atoms with Crippen LogP contribution in [0, 0.1) is 18.6 Å². The van der Waals surface area contributed by atoms with Gasteiger partial charge in [0.15, 0.2) is 0 Å². The summed E-state index contributed by atoms with van der Waals surface area (Å²) in [5.41, 5.74) is 1.35. The van der Waals surface area contributed by atoms with Gasteiger partial charge in [-0.05, 0) is 80.6 Å². The van der Waals surface area contributed by atoms with Crippen LogP contribution in [0.2, 0.25) is 0 Å². The predicted octanol–water partition coefficient (Wildman–Crippen LogP) is 6.69. The molecule has 2 aromatic carbocycles. The molecule has 2 unspecified atom stereocenters. The fourth-order valence-electron chi connectivity index (χ4n) is 4.68. The molecule has 0 saturated heterocycles. The lowest BCUT2D eigenvalue weighted by atomic mass is 9.83. The third-order valence-electron chi connectivity index (χ3n) is 6.06. The molecule has 3 aromatic rings. The molecular weight excluding hydrogens is 457 g/mol. The molecular formula is C27H27F3N2OS. The first-order valence-electron chi connectivity index (χ1n) is 11.2. The van der Waals surface area contributed by atoms with Crippen molar-refractivity contribution in [3.05, 3.63) is 81.5 Å². The SMILES string of the molecule is Cc1ncc(-c2ccc3c(c2)CC(C)N(CC(C)(C)F)C3c2c(F)cc(/C=C/C=O)cc2F)s1. The molecule has 0 aliphatic carbocycles. The number of thiazole rings is 1. The molecule has 1 aliphatic heterocycles. The van der Waals surface area contributed by atoms with Gasteiger partial charge >= 0.3 is 0 Å². The van der Waals surface area contributed by atoms with Crippen LogP contribution in [0.1, 0.15) is 54.1 Å². The number of hydrogen-bond acceptors (Lipinski definition) is 4. The van der Waals surface area contributed by atoms with Gasteiger partial charge in [0.2, 0.25) is 0 Å². The summed E-state index contributed by atoms with van der Waals surface area (Å²) >= 11 is 1.59. The Hall–Kier alpha value is -2.77. The third-order valence-corrected chi connectivity index (χ3v) is 7.02. The van der Waals surface area contributed by atoms with Crippen LogP contribution < -0.4 is 0 Å². The molecule has 0 radical (unpaired) electrons. The maximum Gasteiger partial charge on any atom is 0.142 e. The van der Waals surface area contributed by atoms with E-state index in [1.807, 2.05) is 37.1 Å². The first kappa shape index (κ1) is 24.4. The topological polar surface area (TPSA) is 33.2 Å². The Morgan fingerprint density at radius 1 is 1.21 bits per heavy atom. The number of fused-ring (bicyclic) bond motifs is 1. The molecule has 4 rings (SSSR count). The van der Waals surface area contributed by atoms with E-state index in [2.05, 4.69) is 11.1 Å². The number of hydrogen-bond donors (Lipinski definition) is 0. The van der Waals surface area contributed by atoms with Crippen LogP contribution in [-0.2, 0) is 11.2 Å². The lowest BCUT2D eigenvalue weighted by Gasteiger charge is -2.44. The molecule has 0 fully saturated rings. The first-order chi connectivity index (χ1) is 16.1. The van der Waals surface area contributed by atoms with Gasteiger partial charge in [0.1, 0.15) is 23.6 Å². The number of aldehydes is 1. The highest BCUT2D eigenvalue weighted by atomic mass is 32.1. The van der Waals surface area contributed by atoms with Gasteiger partial charge in [-0.1, -0.05) is 18.2 Å². The Bertz CT molecular complexity index is 1220. The van der Waals surface area contributed by atoms with E-state index < -0.39 is 23.3 Å². The van der Waals surface area contributed by atoms with Crippen molar-refractivity contribution in [3.8, 4) is 10.4 Å². The summed E-state index contributed by atoms with van der Waals surface area (Å²) in [7, 11) is 0. The van der Waals surface area contributed by atoms with Crippen LogP contribution in [0.15, 0.2) is 42.6 Å². The van der Waals surface area contributed by atoms with Gasteiger partial charge in [0.25, 0.3) is 0 Å². The predicted molar refractivity (Wildman–Crippen MR) is 131 cm³/mol. The summed E-state index contributed by atoms with van der Waals surface area (Å²) in [5.74, 6) is -1.45. The normalized spacial score (nSPS) is 18.9. The van der Waals surface area contributed by atoms with Crippen molar-refractivity contribution in [1.82, 2.24) is 9.88 Å². The zero-order chi connectivity index (χ0) is 24.6. The van der Waals surface area contributed by atoms with Crippen LogP contribution in [0.4, 0.5) is 13.2 Å². The van der Waals surface area contributed by atoms with Crippen LogP contribution in [0.5, 0.6) is 0 Å². The van der Waals surface area contributed by atoms with Crippen molar-refractivity contribution in [2.24, 2.45) is 0 Å². The zero-order valence-corrected chi connectivity index (χ0v) is 20.4. The minimum absolute atomic E-state index is 0.0275. The number of rotatable bonds is 6. The van der Waals surface area contributed by atoms with E-state index in [9.17, 15) is 9.18 Å². The summed E-state index contributed by atoms with van der Waals surface area (Å²) in [6.07, 6.45) is 5.56. The fourth-order valence-corrected chi connectivity index (χ4v) is 5.45. The number of carbonyl (C=O) groups excluding carboxylic acids is 1. The summed E-state index contributed by atoms with van der Waals surface area (Å²) in [4.78, 5) is 17.8. The van der Waals surface area contributed by atoms with Gasteiger partial charge in [-0.25, -0.2) is 18.2 Å².